The highest BCUT2D eigenvalue weighted by atomic mass is 32.2. The molecule has 27 heavy (non-hydrogen) atoms. The molecule has 3 aromatic carbocycles. The van der Waals surface area contributed by atoms with Gasteiger partial charge in [0.15, 0.2) is 0 Å². The minimum atomic E-state index is 1.03. The lowest BCUT2D eigenvalue weighted by Crippen LogP contribution is -1.86. The number of fused-ring (bicyclic) bond motifs is 4. The third-order valence-corrected chi connectivity index (χ3v) is 6.39. The summed E-state index contributed by atoms with van der Waals surface area (Å²) < 4.78 is 1.23. The second-order valence-electron chi connectivity index (χ2n) is 6.18. The summed E-state index contributed by atoms with van der Waals surface area (Å²) in [5.41, 5.74) is 2.27. The van der Waals surface area contributed by atoms with Crippen LogP contribution in [-0.4, -0.2) is 4.98 Å². The molecule has 1 aliphatic heterocycles. The molecule has 4 aromatic rings. The predicted octanol–water partition coefficient (Wildman–Crippen LogP) is 7.08. The van der Waals surface area contributed by atoms with Gasteiger partial charge in [-0.05, 0) is 35.7 Å². The zero-order valence-corrected chi connectivity index (χ0v) is 16.1. The van der Waals surface area contributed by atoms with Crippen LogP contribution in [0.3, 0.4) is 0 Å². The fourth-order valence-corrected chi connectivity index (χ4v) is 4.92. The Bertz CT molecular complexity index is 1200. The molecule has 0 spiro atoms. The van der Waals surface area contributed by atoms with Crippen molar-refractivity contribution in [3.63, 3.8) is 0 Å². The third-order valence-electron chi connectivity index (χ3n) is 4.37. The second-order valence-corrected chi connectivity index (χ2v) is 8.33. The summed E-state index contributed by atoms with van der Waals surface area (Å²) >= 11 is 3.48. The van der Waals surface area contributed by atoms with Crippen LogP contribution in [0.2, 0.25) is 0 Å². The lowest BCUT2D eigenvalue weighted by molar-refractivity contribution is 1.46. The standard InChI is InChI=1S/C23H16N2S2/c1(2-12-21-24-18-10-6-7-11-19(18)26-21)3-13-22-25-23-17-9-5-4-8-16(17)14-15-20(23)27-22/h1-15,24H. The Morgan fingerprint density at radius 1 is 0.852 bits per heavy atom. The van der Waals surface area contributed by atoms with E-state index >= 15 is 0 Å². The summed E-state index contributed by atoms with van der Waals surface area (Å²) in [5.74, 6) is 0. The number of benzene rings is 3. The van der Waals surface area contributed by atoms with Gasteiger partial charge in [-0.1, -0.05) is 72.5 Å². The van der Waals surface area contributed by atoms with Gasteiger partial charge in [0.25, 0.3) is 0 Å². The van der Waals surface area contributed by atoms with Gasteiger partial charge in [0.1, 0.15) is 5.01 Å². The van der Waals surface area contributed by atoms with Gasteiger partial charge in [-0.3, -0.25) is 0 Å². The summed E-state index contributed by atoms with van der Waals surface area (Å²) in [6.07, 6.45) is 10.3. The van der Waals surface area contributed by atoms with Crippen molar-refractivity contribution in [3.8, 4) is 0 Å². The SMILES string of the molecule is C(=CC=C1Nc2ccccc2S1)C=Cc1nc2c(ccc3ccccc32)s1. The van der Waals surface area contributed by atoms with E-state index in [0.717, 1.165) is 15.6 Å². The minimum Gasteiger partial charge on any atom is -0.349 e. The van der Waals surface area contributed by atoms with Crippen molar-refractivity contribution < 1.29 is 0 Å². The first-order valence-electron chi connectivity index (χ1n) is 8.74. The predicted molar refractivity (Wildman–Crippen MR) is 119 cm³/mol. The number of thioether (sulfide) groups is 1. The van der Waals surface area contributed by atoms with E-state index in [2.05, 4.69) is 84.2 Å². The van der Waals surface area contributed by atoms with E-state index in [-0.39, 0.29) is 0 Å². The van der Waals surface area contributed by atoms with Gasteiger partial charge in [-0.15, -0.1) is 11.3 Å². The molecular formula is C23H16N2S2. The van der Waals surface area contributed by atoms with Crippen LogP contribution >= 0.6 is 23.1 Å². The molecule has 4 heteroatoms. The van der Waals surface area contributed by atoms with E-state index < -0.39 is 0 Å². The monoisotopic (exact) mass is 384 g/mol. The lowest BCUT2D eigenvalue weighted by Gasteiger charge is -1.96. The Balaban J connectivity index is 1.32. The number of allylic oxidation sites excluding steroid dienone is 4. The Kier molecular flexibility index (Phi) is 4.28. The van der Waals surface area contributed by atoms with Gasteiger partial charge in [-0.2, -0.15) is 0 Å². The van der Waals surface area contributed by atoms with Gasteiger partial charge >= 0.3 is 0 Å². The molecule has 5 rings (SSSR count). The third kappa shape index (κ3) is 3.29. The summed E-state index contributed by atoms with van der Waals surface area (Å²) in [6, 6.07) is 21.1. The quantitative estimate of drug-likeness (QED) is 0.382. The molecule has 0 amide bonds. The van der Waals surface area contributed by atoms with Crippen LogP contribution in [0.5, 0.6) is 0 Å². The number of hydrogen-bond donors (Lipinski definition) is 1. The molecule has 130 valence electrons. The van der Waals surface area contributed by atoms with Crippen molar-refractivity contribution in [1.82, 2.24) is 4.98 Å². The van der Waals surface area contributed by atoms with Crippen molar-refractivity contribution in [3.05, 3.63) is 95.0 Å². The highest BCUT2D eigenvalue weighted by Gasteiger charge is 2.13. The first-order valence-corrected chi connectivity index (χ1v) is 10.4. The summed E-state index contributed by atoms with van der Waals surface area (Å²) in [5, 5.41) is 8.04. The molecule has 0 unspecified atom stereocenters. The smallest absolute Gasteiger partial charge is 0.117 e. The number of nitrogens with zero attached hydrogens (tertiary/aromatic N) is 1. The number of anilines is 1. The van der Waals surface area contributed by atoms with E-state index in [1.54, 1.807) is 23.1 Å². The number of rotatable bonds is 3. The van der Waals surface area contributed by atoms with Crippen molar-refractivity contribution in [2.75, 3.05) is 5.32 Å². The summed E-state index contributed by atoms with van der Waals surface area (Å²) in [7, 11) is 0. The van der Waals surface area contributed by atoms with Crippen molar-refractivity contribution in [2.24, 2.45) is 0 Å². The van der Waals surface area contributed by atoms with Gasteiger partial charge in [0.2, 0.25) is 0 Å². The molecule has 2 nitrogen and oxygen atoms in total. The summed E-state index contributed by atoms with van der Waals surface area (Å²) in [6.45, 7) is 0. The maximum Gasteiger partial charge on any atom is 0.117 e. The average molecular weight is 385 g/mol. The van der Waals surface area contributed by atoms with Crippen LogP contribution in [-0.2, 0) is 0 Å². The molecule has 0 saturated heterocycles. The topological polar surface area (TPSA) is 24.9 Å². The highest BCUT2D eigenvalue weighted by Crippen LogP contribution is 2.40. The molecule has 1 N–H and O–H groups in total. The van der Waals surface area contributed by atoms with Gasteiger partial charge in [-0.25, -0.2) is 4.98 Å². The number of thiazole rings is 1. The van der Waals surface area contributed by atoms with Crippen LogP contribution < -0.4 is 5.32 Å². The number of hydrogen-bond acceptors (Lipinski definition) is 4. The van der Waals surface area contributed by atoms with E-state index in [9.17, 15) is 0 Å². The van der Waals surface area contributed by atoms with Crippen LogP contribution in [0.25, 0.3) is 27.1 Å². The zero-order chi connectivity index (χ0) is 18.1. The van der Waals surface area contributed by atoms with Gasteiger partial charge in [0, 0.05) is 10.3 Å². The first kappa shape index (κ1) is 16.4. The van der Waals surface area contributed by atoms with Crippen LogP contribution in [0.1, 0.15) is 5.01 Å². The van der Waals surface area contributed by atoms with Gasteiger partial charge < -0.3 is 5.32 Å². The number of aromatic nitrogens is 1. The molecule has 1 aliphatic rings. The van der Waals surface area contributed by atoms with Crippen molar-refractivity contribution >= 4 is 55.9 Å². The molecule has 1 aromatic heterocycles. The molecule has 0 fully saturated rings. The Morgan fingerprint density at radius 3 is 2.70 bits per heavy atom. The first-order chi connectivity index (χ1) is 13.4. The molecule has 0 atom stereocenters. The van der Waals surface area contributed by atoms with E-state index in [1.165, 1.54) is 26.1 Å². The number of nitrogens with one attached hydrogen (secondary N) is 1. The maximum absolute atomic E-state index is 4.81. The van der Waals surface area contributed by atoms with Crippen LogP contribution in [0.4, 0.5) is 5.69 Å². The molecule has 2 heterocycles. The zero-order valence-electron chi connectivity index (χ0n) is 14.4. The minimum absolute atomic E-state index is 1.03. The molecule has 0 radical (unpaired) electrons. The highest BCUT2D eigenvalue weighted by molar-refractivity contribution is 8.03. The Morgan fingerprint density at radius 2 is 1.74 bits per heavy atom. The molecular weight excluding hydrogens is 368 g/mol. The van der Waals surface area contributed by atoms with E-state index in [4.69, 9.17) is 4.98 Å². The van der Waals surface area contributed by atoms with Crippen LogP contribution in [0, 0.1) is 0 Å². The van der Waals surface area contributed by atoms with Crippen LogP contribution in [0.15, 0.2) is 94.9 Å². The lowest BCUT2D eigenvalue weighted by atomic mass is 10.1. The largest absolute Gasteiger partial charge is 0.349 e. The number of para-hydroxylation sites is 1. The van der Waals surface area contributed by atoms with Crippen molar-refractivity contribution in [1.29, 1.82) is 0 Å². The fraction of sp³-hybridized carbons (Fsp3) is 0. The fourth-order valence-electron chi connectivity index (χ4n) is 3.11. The normalized spacial score (nSPS) is 15.3. The molecule has 0 saturated carbocycles. The average Bonchev–Trinajstić information content (AvgIpc) is 3.31. The van der Waals surface area contributed by atoms with Gasteiger partial charge in [0.05, 0.1) is 20.9 Å². The Labute approximate surface area is 165 Å². The molecule has 0 aliphatic carbocycles. The summed E-state index contributed by atoms with van der Waals surface area (Å²) in [4.78, 5) is 6.08. The second kappa shape index (κ2) is 7.06. The van der Waals surface area contributed by atoms with Crippen molar-refractivity contribution in [2.45, 2.75) is 4.90 Å². The Hall–Kier alpha value is -2.82. The maximum atomic E-state index is 4.81. The molecule has 0 bridgehead atoms. The van der Waals surface area contributed by atoms with E-state index in [0.29, 0.717) is 0 Å². The van der Waals surface area contributed by atoms with E-state index in [1.807, 2.05) is 12.2 Å².